The third-order valence-electron chi connectivity index (χ3n) is 4.69. The van der Waals surface area contributed by atoms with Crippen molar-refractivity contribution in [1.82, 2.24) is 14.5 Å². The molecule has 2 heterocycles. The van der Waals surface area contributed by atoms with Crippen LogP contribution in [-0.2, 0) is 14.8 Å². The molecule has 0 bridgehead atoms. The number of hydrogen-bond donors (Lipinski definition) is 1. The van der Waals surface area contributed by atoms with Crippen molar-refractivity contribution in [1.29, 1.82) is 0 Å². The molecule has 1 aliphatic rings. The number of carbonyl (C=O) groups is 2. The lowest BCUT2D eigenvalue weighted by Gasteiger charge is -2.33. The third kappa shape index (κ3) is 5.83. The van der Waals surface area contributed by atoms with Crippen molar-refractivity contribution in [2.75, 3.05) is 45.1 Å². The second-order valence-electron chi connectivity index (χ2n) is 6.94. The molecule has 1 aliphatic heterocycles. The fraction of sp³-hybridized carbons (Fsp3) is 0.400. The second-order valence-corrected chi connectivity index (χ2v) is 9.03. The largest absolute Gasteiger partial charge is 0.484 e. The van der Waals surface area contributed by atoms with Gasteiger partial charge in [0, 0.05) is 32.7 Å². The van der Waals surface area contributed by atoms with Gasteiger partial charge in [0.2, 0.25) is 10.0 Å². The van der Waals surface area contributed by atoms with Crippen LogP contribution in [0, 0.1) is 6.92 Å². The fourth-order valence-electron chi connectivity index (χ4n) is 3.08. The highest BCUT2D eigenvalue weighted by Gasteiger charge is 2.29. The molecule has 0 radical (unpaired) electrons. The van der Waals surface area contributed by atoms with E-state index >= 15 is 0 Å². The van der Waals surface area contributed by atoms with Gasteiger partial charge in [-0.15, -0.1) is 0 Å². The Morgan fingerprint density at radius 1 is 1.13 bits per heavy atom. The Kier molecular flexibility index (Phi) is 7.11. The molecule has 1 aromatic carbocycles. The van der Waals surface area contributed by atoms with Crippen molar-refractivity contribution >= 4 is 21.8 Å². The monoisotopic (exact) mass is 435 g/mol. The van der Waals surface area contributed by atoms with E-state index in [4.69, 9.17) is 9.15 Å². The average molecular weight is 436 g/mol. The summed E-state index contributed by atoms with van der Waals surface area (Å²) in [7, 11) is -3.54. The molecule has 0 atom stereocenters. The van der Waals surface area contributed by atoms with Crippen molar-refractivity contribution in [3.63, 3.8) is 0 Å². The van der Waals surface area contributed by atoms with E-state index < -0.39 is 10.0 Å². The summed E-state index contributed by atoms with van der Waals surface area (Å²) in [5.74, 6) is -0.0323. The Bertz CT molecular complexity index is 966. The number of ether oxygens (including phenoxy) is 1. The number of sulfonamides is 1. The van der Waals surface area contributed by atoms with Crippen LogP contribution in [0.4, 0.5) is 0 Å². The molecule has 1 N–H and O–H groups in total. The van der Waals surface area contributed by atoms with Gasteiger partial charge in [-0.25, -0.2) is 8.42 Å². The van der Waals surface area contributed by atoms with E-state index in [2.05, 4.69) is 5.32 Å². The predicted molar refractivity (Wildman–Crippen MR) is 110 cm³/mol. The SMILES string of the molecule is Cc1cccc(OCC(=O)NCCS(=O)(=O)N2CCN(C(=O)c3ccco3)CC2)c1. The Hall–Kier alpha value is -2.85. The number of nitrogens with zero attached hydrogens (tertiary/aromatic N) is 2. The normalized spacial score (nSPS) is 15.0. The first-order valence-electron chi connectivity index (χ1n) is 9.62. The van der Waals surface area contributed by atoms with E-state index in [1.807, 2.05) is 25.1 Å². The molecule has 9 nitrogen and oxygen atoms in total. The maximum Gasteiger partial charge on any atom is 0.289 e. The maximum atomic E-state index is 12.5. The van der Waals surface area contributed by atoms with Gasteiger partial charge in [-0.1, -0.05) is 12.1 Å². The average Bonchev–Trinajstić information content (AvgIpc) is 3.27. The van der Waals surface area contributed by atoms with Crippen LogP contribution in [0.15, 0.2) is 47.1 Å². The van der Waals surface area contributed by atoms with Crippen molar-refractivity contribution in [3.05, 3.63) is 54.0 Å². The summed E-state index contributed by atoms with van der Waals surface area (Å²) in [6.45, 7) is 2.72. The van der Waals surface area contributed by atoms with Crippen molar-refractivity contribution < 1.29 is 27.2 Å². The number of nitrogens with one attached hydrogen (secondary N) is 1. The van der Waals surface area contributed by atoms with Gasteiger partial charge in [-0.2, -0.15) is 4.31 Å². The minimum absolute atomic E-state index is 0.0100. The van der Waals surface area contributed by atoms with E-state index in [9.17, 15) is 18.0 Å². The van der Waals surface area contributed by atoms with Crippen LogP contribution in [0.5, 0.6) is 5.75 Å². The van der Waals surface area contributed by atoms with Gasteiger partial charge >= 0.3 is 0 Å². The summed E-state index contributed by atoms with van der Waals surface area (Å²) in [4.78, 5) is 25.7. The van der Waals surface area contributed by atoms with Crippen LogP contribution in [-0.4, -0.2) is 74.5 Å². The second kappa shape index (κ2) is 9.77. The van der Waals surface area contributed by atoms with Gasteiger partial charge in [0.05, 0.1) is 12.0 Å². The number of aryl methyl sites for hydroxylation is 1. The van der Waals surface area contributed by atoms with Gasteiger partial charge in [0.1, 0.15) is 5.75 Å². The summed E-state index contributed by atoms with van der Waals surface area (Å²) in [5, 5.41) is 2.56. The van der Waals surface area contributed by atoms with E-state index in [0.717, 1.165) is 5.56 Å². The first kappa shape index (κ1) is 21.8. The van der Waals surface area contributed by atoms with Crippen LogP contribution in [0.1, 0.15) is 16.1 Å². The lowest BCUT2D eigenvalue weighted by Crippen LogP contribution is -2.51. The van der Waals surface area contributed by atoms with Gasteiger partial charge in [-0.05, 0) is 36.8 Å². The molecule has 1 fully saturated rings. The molecule has 0 saturated carbocycles. The Balaban J connectivity index is 1.39. The topological polar surface area (TPSA) is 109 Å². The molecule has 0 unspecified atom stereocenters. The van der Waals surface area contributed by atoms with Crippen molar-refractivity contribution in [2.24, 2.45) is 0 Å². The van der Waals surface area contributed by atoms with Crippen molar-refractivity contribution in [2.45, 2.75) is 6.92 Å². The molecule has 0 aliphatic carbocycles. The molecule has 2 aromatic rings. The third-order valence-corrected chi connectivity index (χ3v) is 6.56. The van der Waals surface area contributed by atoms with Crippen LogP contribution in [0.25, 0.3) is 0 Å². The molecule has 1 aromatic heterocycles. The number of piperazine rings is 1. The zero-order valence-corrected chi connectivity index (χ0v) is 17.6. The zero-order chi connectivity index (χ0) is 21.6. The molecule has 1 saturated heterocycles. The van der Waals surface area contributed by atoms with E-state index in [1.54, 1.807) is 23.1 Å². The summed E-state index contributed by atoms with van der Waals surface area (Å²) in [5.41, 5.74) is 1.02. The number of carbonyl (C=O) groups excluding carboxylic acids is 2. The Morgan fingerprint density at radius 2 is 1.90 bits per heavy atom. The van der Waals surface area contributed by atoms with Gasteiger partial charge in [-0.3, -0.25) is 9.59 Å². The highest BCUT2D eigenvalue weighted by atomic mass is 32.2. The highest BCUT2D eigenvalue weighted by Crippen LogP contribution is 2.13. The molecule has 0 spiro atoms. The molecule has 30 heavy (non-hydrogen) atoms. The summed E-state index contributed by atoms with van der Waals surface area (Å²) in [6.07, 6.45) is 1.42. The van der Waals surface area contributed by atoms with E-state index in [1.165, 1.54) is 10.6 Å². The van der Waals surface area contributed by atoms with Gasteiger partial charge in [0.25, 0.3) is 11.8 Å². The maximum absolute atomic E-state index is 12.5. The van der Waals surface area contributed by atoms with Crippen LogP contribution in [0.3, 0.4) is 0 Å². The van der Waals surface area contributed by atoms with E-state index in [-0.39, 0.29) is 62.7 Å². The quantitative estimate of drug-likeness (QED) is 0.659. The van der Waals surface area contributed by atoms with Crippen LogP contribution >= 0.6 is 0 Å². The first-order valence-corrected chi connectivity index (χ1v) is 11.2. The lowest BCUT2D eigenvalue weighted by molar-refractivity contribution is -0.122. The summed E-state index contributed by atoms with van der Waals surface area (Å²) in [6, 6.07) is 10.5. The molecular weight excluding hydrogens is 410 g/mol. The molecule has 162 valence electrons. The zero-order valence-electron chi connectivity index (χ0n) is 16.7. The summed E-state index contributed by atoms with van der Waals surface area (Å²) >= 11 is 0. The number of rotatable bonds is 8. The van der Waals surface area contributed by atoms with Crippen LogP contribution in [0.2, 0.25) is 0 Å². The Labute approximate surface area is 175 Å². The van der Waals surface area contributed by atoms with Crippen LogP contribution < -0.4 is 10.1 Å². The highest BCUT2D eigenvalue weighted by molar-refractivity contribution is 7.89. The lowest BCUT2D eigenvalue weighted by atomic mass is 10.2. The smallest absolute Gasteiger partial charge is 0.289 e. The number of benzene rings is 1. The number of hydrogen-bond acceptors (Lipinski definition) is 6. The fourth-order valence-corrected chi connectivity index (χ4v) is 4.42. The van der Waals surface area contributed by atoms with Gasteiger partial charge in [0.15, 0.2) is 12.4 Å². The Morgan fingerprint density at radius 3 is 2.57 bits per heavy atom. The van der Waals surface area contributed by atoms with Gasteiger partial charge < -0.3 is 19.4 Å². The minimum atomic E-state index is -3.54. The van der Waals surface area contributed by atoms with E-state index in [0.29, 0.717) is 5.75 Å². The molecule has 10 heteroatoms. The number of furan rings is 1. The first-order chi connectivity index (χ1) is 14.3. The molecular formula is C20H25N3O6S. The minimum Gasteiger partial charge on any atom is -0.484 e. The summed E-state index contributed by atoms with van der Waals surface area (Å²) < 4.78 is 36.9. The molecule has 3 rings (SSSR count). The number of amides is 2. The standard InChI is InChI=1S/C20H25N3O6S/c1-16-4-2-5-17(14-16)29-15-19(24)21-7-13-30(26,27)23-10-8-22(9-11-23)20(25)18-6-3-12-28-18/h2-6,12,14H,7-11,13,15H2,1H3,(H,21,24). The van der Waals surface area contributed by atoms with Crippen molar-refractivity contribution in [3.8, 4) is 5.75 Å². The molecule has 2 amide bonds. The predicted octanol–water partition coefficient (Wildman–Crippen LogP) is 0.871.